The van der Waals surface area contributed by atoms with Crippen LogP contribution < -0.4 is 5.69 Å². The second-order valence-corrected chi connectivity index (χ2v) is 7.28. The molecule has 4 aromatic rings. The van der Waals surface area contributed by atoms with Crippen molar-refractivity contribution in [2.24, 2.45) is 28.2 Å². The lowest BCUT2D eigenvalue weighted by molar-refractivity contribution is 0.744. The number of nitrogens with zero attached hydrogens (tertiary/aromatic N) is 8. The molecule has 1 saturated carbocycles. The van der Waals surface area contributed by atoms with Crippen LogP contribution in [0.25, 0.3) is 22.7 Å². The van der Waals surface area contributed by atoms with Gasteiger partial charge in [-0.1, -0.05) is 0 Å². The Morgan fingerprint density at radius 1 is 1.04 bits per heavy atom. The van der Waals surface area contributed by atoms with E-state index in [0.29, 0.717) is 28.8 Å². The molecular formula is C18H20N8O. The van der Waals surface area contributed by atoms with Crippen LogP contribution in [0.15, 0.2) is 29.5 Å². The predicted octanol–water partition coefficient (Wildman–Crippen LogP) is 1.07. The highest BCUT2D eigenvalue weighted by atomic mass is 16.1. The number of hydrogen-bond donors (Lipinski definition) is 0. The van der Waals surface area contributed by atoms with Crippen molar-refractivity contribution in [3.05, 3.63) is 46.4 Å². The monoisotopic (exact) mass is 364 g/mol. The lowest BCUT2D eigenvalue weighted by atomic mass is 10.1. The number of hydrogen-bond acceptors (Lipinski definition) is 5. The Kier molecular flexibility index (Phi) is 3.19. The molecule has 4 heterocycles. The summed E-state index contributed by atoms with van der Waals surface area (Å²) in [6.07, 6.45) is 6.79. The van der Waals surface area contributed by atoms with E-state index in [1.165, 1.54) is 14.7 Å². The summed E-state index contributed by atoms with van der Waals surface area (Å²) in [6.45, 7) is 0. The molecule has 5 rings (SSSR count). The van der Waals surface area contributed by atoms with Gasteiger partial charge in [0.25, 0.3) is 0 Å². The summed E-state index contributed by atoms with van der Waals surface area (Å²) >= 11 is 0. The zero-order valence-electron chi connectivity index (χ0n) is 15.7. The van der Waals surface area contributed by atoms with E-state index >= 15 is 0 Å². The van der Waals surface area contributed by atoms with E-state index < -0.39 is 0 Å². The third-order valence-corrected chi connectivity index (χ3v) is 5.43. The summed E-state index contributed by atoms with van der Waals surface area (Å²) in [6, 6.07) is 2.08. The van der Waals surface area contributed by atoms with Crippen LogP contribution in [0.5, 0.6) is 0 Å². The van der Waals surface area contributed by atoms with Gasteiger partial charge in [-0.3, -0.25) is 18.5 Å². The molecule has 0 radical (unpaired) electrons. The number of rotatable bonds is 3. The molecule has 9 nitrogen and oxygen atoms in total. The van der Waals surface area contributed by atoms with Gasteiger partial charge in [0, 0.05) is 40.3 Å². The van der Waals surface area contributed by atoms with E-state index in [1.807, 2.05) is 29.7 Å². The standard InChI is InChI=1S/C18H20N8O/c1-23-9-10(7-20-23)11-5-12(11)13-6-15(26(4)22-13)14-8-19-16-17(21-14)25(3)18(27)24(16)2/h6-9,11-12H,5H2,1-4H3. The van der Waals surface area contributed by atoms with E-state index in [2.05, 4.69) is 27.3 Å². The first-order chi connectivity index (χ1) is 12.9. The second-order valence-electron chi connectivity index (χ2n) is 7.28. The Morgan fingerprint density at radius 2 is 1.81 bits per heavy atom. The third kappa shape index (κ3) is 2.34. The zero-order valence-corrected chi connectivity index (χ0v) is 15.7. The van der Waals surface area contributed by atoms with Crippen LogP contribution in [-0.4, -0.2) is 38.7 Å². The zero-order chi connectivity index (χ0) is 18.9. The van der Waals surface area contributed by atoms with Crippen molar-refractivity contribution in [1.82, 2.24) is 38.7 Å². The number of fused-ring (bicyclic) bond motifs is 1. The van der Waals surface area contributed by atoms with Crippen molar-refractivity contribution in [1.29, 1.82) is 0 Å². The van der Waals surface area contributed by atoms with Gasteiger partial charge in [0.05, 0.1) is 23.8 Å². The molecule has 0 bridgehead atoms. The predicted molar refractivity (Wildman–Crippen MR) is 99.3 cm³/mol. The fraction of sp³-hybridized carbons (Fsp3) is 0.389. The maximum atomic E-state index is 12.1. The lowest BCUT2D eigenvalue weighted by Gasteiger charge is -2.01. The molecular weight excluding hydrogens is 344 g/mol. The van der Waals surface area contributed by atoms with Crippen LogP contribution in [0, 0.1) is 0 Å². The fourth-order valence-electron chi connectivity index (χ4n) is 3.80. The molecule has 138 valence electrons. The number of imidazole rings is 1. The molecule has 0 N–H and O–H groups in total. The molecule has 0 aromatic carbocycles. The molecule has 2 atom stereocenters. The van der Waals surface area contributed by atoms with Crippen molar-refractivity contribution in [2.75, 3.05) is 0 Å². The number of aryl methyl sites for hydroxylation is 4. The summed E-state index contributed by atoms with van der Waals surface area (Å²) < 4.78 is 6.69. The van der Waals surface area contributed by atoms with Crippen LogP contribution in [-0.2, 0) is 28.2 Å². The summed E-state index contributed by atoms with van der Waals surface area (Å²) in [7, 11) is 7.26. The molecule has 4 aromatic heterocycles. The SMILES string of the molecule is Cn1cc(C2CC2c2cc(-c3cnc4c(n3)n(C)c(=O)n4C)n(C)n2)cn1. The first kappa shape index (κ1) is 16.0. The van der Waals surface area contributed by atoms with Gasteiger partial charge in [-0.25, -0.2) is 14.8 Å². The Balaban J connectivity index is 1.51. The van der Waals surface area contributed by atoms with Gasteiger partial charge in [-0.2, -0.15) is 10.2 Å². The highest BCUT2D eigenvalue weighted by Crippen LogP contribution is 2.54. The first-order valence-corrected chi connectivity index (χ1v) is 8.85. The second kappa shape index (κ2) is 5.38. The Labute approximate surface area is 154 Å². The van der Waals surface area contributed by atoms with Gasteiger partial charge in [0.1, 0.15) is 5.69 Å². The van der Waals surface area contributed by atoms with E-state index in [4.69, 9.17) is 5.10 Å². The molecule has 1 fully saturated rings. The molecule has 0 spiro atoms. The van der Waals surface area contributed by atoms with Crippen LogP contribution in [0.2, 0.25) is 0 Å². The topological polar surface area (TPSA) is 88.4 Å². The highest BCUT2D eigenvalue weighted by molar-refractivity contribution is 5.70. The average Bonchev–Trinajstić information content (AvgIpc) is 3.11. The van der Waals surface area contributed by atoms with E-state index in [-0.39, 0.29) is 5.69 Å². The molecule has 0 aliphatic heterocycles. The van der Waals surface area contributed by atoms with E-state index in [0.717, 1.165) is 17.8 Å². The minimum Gasteiger partial charge on any atom is -0.278 e. The molecule has 0 saturated heterocycles. The van der Waals surface area contributed by atoms with Gasteiger partial charge < -0.3 is 0 Å². The normalized spacial score (nSPS) is 19.1. The smallest absolute Gasteiger partial charge is 0.278 e. The molecule has 1 aliphatic rings. The van der Waals surface area contributed by atoms with Gasteiger partial charge >= 0.3 is 5.69 Å². The van der Waals surface area contributed by atoms with Gasteiger partial charge in [-0.15, -0.1) is 0 Å². The Bertz CT molecular complexity index is 1240. The minimum absolute atomic E-state index is 0.134. The average molecular weight is 364 g/mol. The van der Waals surface area contributed by atoms with Crippen molar-refractivity contribution in [3.8, 4) is 11.4 Å². The van der Waals surface area contributed by atoms with Crippen LogP contribution in [0.1, 0.15) is 29.5 Å². The molecule has 27 heavy (non-hydrogen) atoms. The first-order valence-electron chi connectivity index (χ1n) is 8.85. The quantitative estimate of drug-likeness (QED) is 0.543. The maximum absolute atomic E-state index is 12.1. The molecule has 9 heteroatoms. The van der Waals surface area contributed by atoms with Crippen molar-refractivity contribution < 1.29 is 0 Å². The Hall–Kier alpha value is -3.23. The molecule has 0 amide bonds. The van der Waals surface area contributed by atoms with Gasteiger partial charge in [0.15, 0.2) is 11.3 Å². The molecule has 2 unspecified atom stereocenters. The van der Waals surface area contributed by atoms with Crippen molar-refractivity contribution in [2.45, 2.75) is 18.3 Å². The summed E-state index contributed by atoms with van der Waals surface area (Å²) in [5.74, 6) is 0.886. The van der Waals surface area contributed by atoms with E-state index in [9.17, 15) is 4.79 Å². The molecule has 1 aliphatic carbocycles. The third-order valence-electron chi connectivity index (χ3n) is 5.43. The van der Waals surface area contributed by atoms with Gasteiger partial charge in [-0.05, 0) is 24.0 Å². The Morgan fingerprint density at radius 3 is 2.56 bits per heavy atom. The van der Waals surface area contributed by atoms with Crippen LogP contribution >= 0.6 is 0 Å². The van der Waals surface area contributed by atoms with Crippen molar-refractivity contribution >= 4 is 11.3 Å². The van der Waals surface area contributed by atoms with Gasteiger partial charge in [0.2, 0.25) is 0 Å². The van der Waals surface area contributed by atoms with Crippen molar-refractivity contribution in [3.63, 3.8) is 0 Å². The fourth-order valence-corrected chi connectivity index (χ4v) is 3.80. The van der Waals surface area contributed by atoms with E-state index in [1.54, 1.807) is 20.3 Å². The summed E-state index contributed by atoms with van der Waals surface area (Å²) in [5, 5.41) is 8.97. The summed E-state index contributed by atoms with van der Waals surface area (Å²) in [5.41, 5.74) is 4.94. The summed E-state index contributed by atoms with van der Waals surface area (Å²) in [4.78, 5) is 21.2. The lowest BCUT2D eigenvalue weighted by Crippen LogP contribution is -2.19. The highest BCUT2D eigenvalue weighted by Gasteiger charge is 2.42. The largest absolute Gasteiger partial charge is 0.330 e. The van der Waals surface area contributed by atoms with Crippen LogP contribution in [0.3, 0.4) is 0 Å². The minimum atomic E-state index is -0.134. The van der Waals surface area contributed by atoms with Crippen LogP contribution in [0.4, 0.5) is 0 Å². The number of aromatic nitrogens is 8. The maximum Gasteiger partial charge on any atom is 0.330 e.